The minimum absolute atomic E-state index is 0.177. The third kappa shape index (κ3) is 4.20. The molecular weight excluding hydrogens is 236 g/mol. The topological polar surface area (TPSA) is 55.1 Å². The first-order valence-electron chi connectivity index (χ1n) is 8.26. The maximum atomic E-state index is 12.4. The number of carbonyl (C=O) groups is 1. The first-order valence-corrected chi connectivity index (χ1v) is 8.26. The van der Waals surface area contributed by atoms with E-state index >= 15 is 0 Å². The summed E-state index contributed by atoms with van der Waals surface area (Å²) in [6.45, 7) is 2.24. The average Bonchev–Trinajstić information content (AvgIpc) is 2.83. The molecule has 0 aliphatic heterocycles. The van der Waals surface area contributed by atoms with Crippen molar-refractivity contribution in [1.82, 2.24) is 5.32 Å². The van der Waals surface area contributed by atoms with Gasteiger partial charge in [-0.1, -0.05) is 32.6 Å². The van der Waals surface area contributed by atoms with Gasteiger partial charge < -0.3 is 11.1 Å². The van der Waals surface area contributed by atoms with Crippen LogP contribution in [0.25, 0.3) is 0 Å². The van der Waals surface area contributed by atoms with Crippen LogP contribution in [-0.2, 0) is 4.79 Å². The standard InChI is InChI=1S/C16H30N2O/c1-2-3-6-12-7-5-10-15(12)18-16(19)13-8-4-9-14(17)11-13/h12-15H,2-11,17H2,1H3,(H,18,19). The molecule has 3 nitrogen and oxygen atoms in total. The van der Waals surface area contributed by atoms with Crippen molar-refractivity contribution in [3.8, 4) is 0 Å². The van der Waals surface area contributed by atoms with E-state index in [1.54, 1.807) is 0 Å². The van der Waals surface area contributed by atoms with Crippen molar-refractivity contribution in [1.29, 1.82) is 0 Å². The van der Waals surface area contributed by atoms with E-state index in [1.165, 1.54) is 38.5 Å². The zero-order chi connectivity index (χ0) is 13.7. The Morgan fingerprint density at radius 2 is 2.00 bits per heavy atom. The summed E-state index contributed by atoms with van der Waals surface area (Å²) in [5.41, 5.74) is 5.98. The third-order valence-corrected chi connectivity index (χ3v) is 5.00. The molecule has 2 saturated carbocycles. The van der Waals surface area contributed by atoms with Crippen LogP contribution >= 0.6 is 0 Å². The van der Waals surface area contributed by atoms with Gasteiger partial charge >= 0.3 is 0 Å². The third-order valence-electron chi connectivity index (χ3n) is 5.00. The smallest absolute Gasteiger partial charge is 0.223 e. The van der Waals surface area contributed by atoms with Crippen molar-refractivity contribution >= 4 is 5.91 Å². The van der Waals surface area contributed by atoms with Crippen molar-refractivity contribution in [2.45, 2.75) is 83.2 Å². The Bertz CT molecular complexity index is 292. The summed E-state index contributed by atoms with van der Waals surface area (Å²) in [5.74, 6) is 1.18. The average molecular weight is 266 g/mol. The summed E-state index contributed by atoms with van der Waals surface area (Å²) in [7, 11) is 0. The van der Waals surface area contributed by atoms with Gasteiger partial charge in [0.25, 0.3) is 0 Å². The van der Waals surface area contributed by atoms with E-state index in [9.17, 15) is 4.79 Å². The highest BCUT2D eigenvalue weighted by Crippen LogP contribution is 2.31. The first-order chi connectivity index (χ1) is 9.20. The Kier molecular flexibility index (Phi) is 5.68. The van der Waals surface area contributed by atoms with E-state index in [0.29, 0.717) is 6.04 Å². The van der Waals surface area contributed by atoms with Crippen molar-refractivity contribution in [3.05, 3.63) is 0 Å². The van der Waals surface area contributed by atoms with Crippen LogP contribution in [0.5, 0.6) is 0 Å². The van der Waals surface area contributed by atoms with Gasteiger partial charge in [0.2, 0.25) is 5.91 Å². The summed E-state index contributed by atoms with van der Waals surface area (Å²) >= 11 is 0. The lowest BCUT2D eigenvalue weighted by molar-refractivity contribution is -0.127. The number of rotatable bonds is 5. The predicted octanol–water partition coefficient (Wildman–Crippen LogP) is 2.98. The molecule has 2 fully saturated rings. The first kappa shape index (κ1) is 14.8. The molecule has 4 atom stereocenters. The van der Waals surface area contributed by atoms with Gasteiger partial charge in [0.1, 0.15) is 0 Å². The molecule has 3 heteroatoms. The number of amides is 1. The molecular formula is C16H30N2O. The summed E-state index contributed by atoms with van der Waals surface area (Å²) in [6, 6.07) is 0.682. The quantitative estimate of drug-likeness (QED) is 0.803. The van der Waals surface area contributed by atoms with Gasteiger partial charge in [-0.2, -0.15) is 0 Å². The van der Waals surface area contributed by atoms with Crippen LogP contribution in [0.3, 0.4) is 0 Å². The lowest BCUT2D eigenvalue weighted by atomic mass is 9.85. The van der Waals surface area contributed by atoms with Crippen molar-refractivity contribution in [3.63, 3.8) is 0 Å². The Balaban J connectivity index is 1.80. The van der Waals surface area contributed by atoms with Crippen LogP contribution in [0.1, 0.15) is 71.1 Å². The van der Waals surface area contributed by atoms with Gasteiger partial charge in [-0.25, -0.2) is 0 Å². The Hall–Kier alpha value is -0.570. The molecule has 110 valence electrons. The number of nitrogens with two attached hydrogens (primary N) is 1. The minimum Gasteiger partial charge on any atom is -0.353 e. The fourth-order valence-electron chi connectivity index (χ4n) is 3.80. The maximum absolute atomic E-state index is 12.4. The van der Waals surface area contributed by atoms with Crippen LogP contribution in [0.2, 0.25) is 0 Å². The molecule has 2 rings (SSSR count). The molecule has 4 unspecified atom stereocenters. The van der Waals surface area contributed by atoms with Gasteiger partial charge in [0.05, 0.1) is 0 Å². The van der Waals surface area contributed by atoms with E-state index < -0.39 is 0 Å². The van der Waals surface area contributed by atoms with Gasteiger partial charge in [-0.15, -0.1) is 0 Å². The minimum atomic E-state index is 0.177. The second-order valence-electron chi connectivity index (χ2n) is 6.57. The molecule has 0 saturated heterocycles. The lowest BCUT2D eigenvalue weighted by Gasteiger charge is -2.28. The second-order valence-corrected chi connectivity index (χ2v) is 6.57. The molecule has 1 amide bonds. The summed E-state index contributed by atoms with van der Waals surface area (Å²) in [6.07, 6.45) is 11.7. The molecule has 19 heavy (non-hydrogen) atoms. The number of hydrogen-bond acceptors (Lipinski definition) is 2. The Morgan fingerprint density at radius 1 is 1.21 bits per heavy atom. The Labute approximate surface area is 117 Å². The maximum Gasteiger partial charge on any atom is 0.223 e. The van der Waals surface area contributed by atoms with Gasteiger partial charge in [-0.3, -0.25) is 4.79 Å². The van der Waals surface area contributed by atoms with E-state index in [1.807, 2.05) is 0 Å². The number of carbonyl (C=O) groups excluding carboxylic acids is 1. The highest BCUT2D eigenvalue weighted by atomic mass is 16.1. The van der Waals surface area contributed by atoms with E-state index in [2.05, 4.69) is 12.2 Å². The van der Waals surface area contributed by atoms with Crippen molar-refractivity contribution in [2.75, 3.05) is 0 Å². The second kappa shape index (κ2) is 7.28. The highest BCUT2D eigenvalue weighted by Gasteiger charge is 2.31. The van der Waals surface area contributed by atoms with Gasteiger partial charge in [0.15, 0.2) is 0 Å². The van der Waals surface area contributed by atoms with Crippen LogP contribution in [0, 0.1) is 11.8 Å². The normalized spacial score (nSPS) is 35.3. The zero-order valence-electron chi connectivity index (χ0n) is 12.4. The molecule has 2 aliphatic carbocycles. The van der Waals surface area contributed by atoms with Crippen LogP contribution in [0.4, 0.5) is 0 Å². The molecule has 0 radical (unpaired) electrons. The summed E-state index contributed by atoms with van der Waals surface area (Å²) < 4.78 is 0. The molecule has 0 spiro atoms. The fraction of sp³-hybridized carbons (Fsp3) is 0.938. The number of unbranched alkanes of at least 4 members (excludes halogenated alkanes) is 1. The van der Waals surface area contributed by atoms with Crippen LogP contribution in [0.15, 0.2) is 0 Å². The largest absolute Gasteiger partial charge is 0.353 e. The molecule has 0 heterocycles. The van der Waals surface area contributed by atoms with Crippen LogP contribution < -0.4 is 11.1 Å². The van der Waals surface area contributed by atoms with E-state index in [4.69, 9.17) is 5.73 Å². The fourth-order valence-corrected chi connectivity index (χ4v) is 3.80. The highest BCUT2D eigenvalue weighted by molar-refractivity contribution is 5.79. The molecule has 0 aromatic rings. The predicted molar refractivity (Wildman–Crippen MR) is 78.7 cm³/mol. The number of nitrogens with one attached hydrogen (secondary N) is 1. The summed E-state index contributed by atoms with van der Waals surface area (Å²) in [4.78, 5) is 12.4. The SMILES string of the molecule is CCCCC1CCCC1NC(=O)C1CCCC(N)C1. The Morgan fingerprint density at radius 3 is 2.74 bits per heavy atom. The van der Waals surface area contributed by atoms with Crippen molar-refractivity contribution < 1.29 is 4.79 Å². The lowest BCUT2D eigenvalue weighted by Crippen LogP contribution is -2.43. The van der Waals surface area contributed by atoms with E-state index in [0.717, 1.165) is 31.6 Å². The van der Waals surface area contributed by atoms with Crippen molar-refractivity contribution in [2.24, 2.45) is 17.6 Å². The molecule has 0 bridgehead atoms. The molecule has 0 aromatic heterocycles. The zero-order valence-corrected chi connectivity index (χ0v) is 12.4. The molecule has 0 aromatic carbocycles. The molecule has 3 N–H and O–H groups in total. The van der Waals surface area contributed by atoms with Crippen LogP contribution in [-0.4, -0.2) is 18.0 Å². The van der Waals surface area contributed by atoms with Gasteiger partial charge in [-0.05, 0) is 44.4 Å². The molecule has 2 aliphatic rings. The van der Waals surface area contributed by atoms with E-state index in [-0.39, 0.29) is 17.9 Å². The van der Waals surface area contributed by atoms with Gasteiger partial charge in [0, 0.05) is 18.0 Å². The monoisotopic (exact) mass is 266 g/mol. The number of hydrogen-bond donors (Lipinski definition) is 2. The summed E-state index contributed by atoms with van der Waals surface area (Å²) in [5, 5.41) is 3.33.